The third-order valence-electron chi connectivity index (χ3n) is 2.29. The van der Waals surface area contributed by atoms with Crippen LogP contribution in [0.3, 0.4) is 0 Å². The molecular weight excluding hydrogens is 188 g/mol. The Morgan fingerprint density at radius 3 is 3.00 bits per heavy atom. The van der Waals surface area contributed by atoms with Crippen molar-refractivity contribution in [3.8, 4) is 11.3 Å². The summed E-state index contributed by atoms with van der Waals surface area (Å²) >= 11 is 0. The van der Waals surface area contributed by atoms with Crippen molar-refractivity contribution in [1.82, 2.24) is 14.8 Å². The van der Waals surface area contributed by atoms with Gasteiger partial charge in [-0.05, 0) is 24.7 Å². The van der Waals surface area contributed by atoms with Crippen LogP contribution in [-0.2, 0) is 13.5 Å². The molecule has 0 aliphatic carbocycles. The number of aromatic nitrogens is 3. The fourth-order valence-corrected chi connectivity index (χ4v) is 1.58. The predicted octanol–water partition coefficient (Wildman–Crippen LogP) is 0.983. The van der Waals surface area contributed by atoms with Crippen LogP contribution < -0.4 is 5.73 Å². The molecule has 2 N–H and O–H groups in total. The van der Waals surface area contributed by atoms with Gasteiger partial charge in [-0.1, -0.05) is 0 Å². The SMILES string of the molecule is Cn1nc(CCN)cc1-c1cccnc1. The van der Waals surface area contributed by atoms with E-state index in [0.717, 1.165) is 23.4 Å². The molecule has 0 saturated carbocycles. The molecule has 0 aliphatic heterocycles. The molecule has 15 heavy (non-hydrogen) atoms. The molecule has 2 heterocycles. The number of nitrogens with two attached hydrogens (primary N) is 1. The van der Waals surface area contributed by atoms with Gasteiger partial charge < -0.3 is 5.73 Å². The van der Waals surface area contributed by atoms with Crippen LogP contribution in [0.1, 0.15) is 5.69 Å². The number of pyridine rings is 1. The zero-order valence-corrected chi connectivity index (χ0v) is 8.72. The molecule has 4 nitrogen and oxygen atoms in total. The summed E-state index contributed by atoms with van der Waals surface area (Å²) in [6.45, 7) is 0.628. The Bertz CT molecular complexity index is 433. The number of hydrogen-bond acceptors (Lipinski definition) is 3. The number of rotatable bonds is 3. The summed E-state index contributed by atoms with van der Waals surface area (Å²) < 4.78 is 1.86. The van der Waals surface area contributed by atoms with Gasteiger partial charge in [-0.15, -0.1) is 0 Å². The molecule has 0 atom stereocenters. The van der Waals surface area contributed by atoms with E-state index in [1.165, 1.54) is 0 Å². The summed E-state index contributed by atoms with van der Waals surface area (Å²) in [5.41, 5.74) is 8.68. The van der Waals surface area contributed by atoms with E-state index >= 15 is 0 Å². The molecule has 0 aromatic carbocycles. The average Bonchev–Trinajstić information content (AvgIpc) is 2.61. The first-order chi connectivity index (χ1) is 7.31. The Hall–Kier alpha value is -1.68. The van der Waals surface area contributed by atoms with Crippen molar-refractivity contribution in [3.05, 3.63) is 36.3 Å². The lowest BCUT2D eigenvalue weighted by atomic mass is 10.2. The molecule has 0 aliphatic rings. The lowest BCUT2D eigenvalue weighted by Crippen LogP contribution is -2.03. The van der Waals surface area contributed by atoms with E-state index < -0.39 is 0 Å². The lowest BCUT2D eigenvalue weighted by Gasteiger charge is -1.99. The third kappa shape index (κ3) is 2.05. The second-order valence-corrected chi connectivity index (χ2v) is 3.42. The van der Waals surface area contributed by atoms with Gasteiger partial charge in [0.15, 0.2) is 0 Å². The summed E-state index contributed by atoms with van der Waals surface area (Å²) in [4.78, 5) is 4.09. The normalized spacial score (nSPS) is 10.5. The van der Waals surface area contributed by atoms with Gasteiger partial charge in [-0.3, -0.25) is 9.67 Å². The lowest BCUT2D eigenvalue weighted by molar-refractivity contribution is 0.745. The topological polar surface area (TPSA) is 56.7 Å². The maximum absolute atomic E-state index is 5.50. The van der Waals surface area contributed by atoms with Crippen LogP contribution in [0.5, 0.6) is 0 Å². The fraction of sp³-hybridized carbons (Fsp3) is 0.273. The van der Waals surface area contributed by atoms with Crippen molar-refractivity contribution >= 4 is 0 Å². The van der Waals surface area contributed by atoms with Crippen molar-refractivity contribution in [2.75, 3.05) is 6.54 Å². The molecule has 0 radical (unpaired) electrons. The molecule has 0 unspecified atom stereocenters. The van der Waals surface area contributed by atoms with Gasteiger partial charge in [0, 0.05) is 31.4 Å². The van der Waals surface area contributed by atoms with E-state index in [1.807, 2.05) is 30.1 Å². The zero-order valence-electron chi connectivity index (χ0n) is 8.72. The van der Waals surface area contributed by atoms with Gasteiger partial charge in [0.05, 0.1) is 11.4 Å². The van der Waals surface area contributed by atoms with Gasteiger partial charge in [0.1, 0.15) is 0 Å². The number of nitrogens with zero attached hydrogens (tertiary/aromatic N) is 3. The Labute approximate surface area is 88.8 Å². The van der Waals surface area contributed by atoms with E-state index in [1.54, 1.807) is 6.20 Å². The van der Waals surface area contributed by atoms with Crippen molar-refractivity contribution < 1.29 is 0 Å². The second-order valence-electron chi connectivity index (χ2n) is 3.42. The fourth-order valence-electron chi connectivity index (χ4n) is 1.58. The van der Waals surface area contributed by atoms with Crippen LogP contribution in [-0.4, -0.2) is 21.3 Å². The first kappa shape index (κ1) is 9.86. The van der Waals surface area contributed by atoms with Gasteiger partial charge in [-0.2, -0.15) is 5.10 Å². The molecule has 2 aromatic heterocycles. The highest BCUT2D eigenvalue weighted by atomic mass is 15.3. The molecular formula is C11H14N4. The first-order valence-electron chi connectivity index (χ1n) is 4.94. The Kier molecular flexibility index (Phi) is 2.78. The van der Waals surface area contributed by atoms with E-state index in [4.69, 9.17) is 5.73 Å². The average molecular weight is 202 g/mol. The van der Waals surface area contributed by atoms with Crippen LogP contribution in [0, 0.1) is 0 Å². The maximum atomic E-state index is 5.50. The standard InChI is InChI=1S/C11H14N4/c1-15-11(7-10(14-15)4-5-12)9-3-2-6-13-8-9/h2-3,6-8H,4-5,12H2,1H3. The maximum Gasteiger partial charge on any atom is 0.0697 e. The minimum absolute atomic E-state index is 0.628. The van der Waals surface area contributed by atoms with Crippen molar-refractivity contribution in [2.45, 2.75) is 6.42 Å². The molecule has 0 bridgehead atoms. The largest absolute Gasteiger partial charge is 0.330 e. The molecule has 78 valence electrons. The van der Waals surface area contributed by atoms with E-state index in [9.17, 15) is 0 Å². The van der Waals surface area contributed by atoms with Gasteiger partial charge >= 0.3 is 0 Å². The second kappa shape index (κ2) is 4.23. The summed E-state index contributed by atoms with van der Waals surface area (Å²) in [5, 5.41) is 4.39. The first-order valence-corrected chi connectivity index (χ1v) is 4.94. The molecule has 0 saturated heterocycles. The van der Waals surface area contributed by atoms with Crippen molar-refractivity contribution in [2.24, 2.45) is 12.8 Å². The molecule has 2 rings (SSSR count). The Morgan fingerprint density at radius 1 is 1.47 bits per heavy atom. The van der Waals surface area contributed by atoms with Crippen LogP contribution in [0.15, 0.2) is 30.6 Å². The third-order valence-corrected chi connectivity index (χ3v) is 2.29. The van der Waals surface area contributed by atoms with Crippen LogP contribution in [0.4, 0.5) is 0 Å². The molecule has 0 fully saturated rings. The molecule has 0 amide bonds. The van der Waals surface area contributed by atoms with Crippen molar-refractivity contribution in [3.63, 3.8) is 0 Å². The summed E-state index contributed by atoms with van der Waals surface area (Å²) in [5.74, 6) is 0. The van der Waals surface area contributed by atoms with Crippen molar-refractivity contribution in [1.29, 1.82) is 0 Å². The smallest absolute Gasteiger partial charge is 0.0697 e. The molecule has 0 spiro atoms. The summed E-state index contributed by atoms with van der Waals surface area (Å²) in [6.07, 6.45) is 4.41. The predicted molar refractivity (Wildman–Crippen MR) is 59.2 cm³/mol. The monoisotopic (exact) mass is 202 g/mol. The highest BCUT2D eigenvalue weighted by molar-refractivity contribution is 5.58. The van der Waals surface area contributed by atoms with Crippen LogP contribution in [0.2, 0.25) is 0 Å². The zero-order chi connectivity index (χ0) is 10.7. The molecule has 2 aromatic rings. The van der Waals surface area contributed by atoms with Crippen LogP contribution >= 0.6 is 0 Å². The van der Waals surface area contributed by atoms with E-state index in [2.05, 4.69) is 16.1 Å². The summed E-state index contributed by atoms with van der Waals surface area (Å²) in [6, 6.07) is 6.01. The molecule has 4 heteroatoms. The van der Waals surface area contributed by atoms with Gasteiger partial charge in [0.2, 0.25) is 0 Å². The minimum atomic E-state index is 0.628. The van der Waals surface area contributed by atoms with Crippen LogP contribution in [0.25, 0.3) is 11.3 Å². The highest BCUT2D eigenvalue weighted by Gasteiger charge is 2.06. The van der Waals surface area contributed by atoms with Gasteiger partial charge in [0.25, 0.3) is 0 Å². The Balaban J connectivity index is 2.36. The Morgan fingerprint density at radius 2 is 2.33 bits per heavy atom. The minimum Gasteiger partial charge on any atom is -0.330 e. The van der Waals surface area contributed by atoms with Gasteiger partial charge in [-0.25, -0.2) is 0 Å². The summed E-state index contributed by atoms with van der Waals surface area (Å²) in [7, 11) is 1.93. The number of aryl methyl sites for hydroxylation is 1. The van der Waals surface area contributed by atoms with E-state index in [0.29, 0.717) is 6.54 Å². The number of hydrogen-bond donors (Lipinski definition) is 1. The highest BCUT2D eigenvalue weighted by Crippen LogP contribution is 2.18. The quantitative estimate of drug-likeness (QED) is 0.807. The van der Waals surface area contributed by atoms with E-state index in [-0.39, 0.29) is 0 Å².